The topological polar surface area (TPSA) is 27.7 Å². The van der Waals surface area contributed by atoms with Crippen LogP contribution in [0.3, 0.4) is 0 Å². The summed E-state index contributed by atoms with van der Waals surface area (Å²) in [6.45, 7) is 14.1. The van der Waals surface area contributed by atoms with Crippen molar-refractivity contribution in [2.24, 2.45) is 11.3 Å². The summed E-state index contributed by atoms with van der Waals surface area (Å²) in [5, 5.41) is 0. The van der Waals surface area contributed by atoms with Crippen LogP contribution in [0, 0.1) is 11.3 Å². The Labute approximate surface area is 135 Å². The van der Waals surface area contributed by atoms with Crippen LogP contribution in [0.4, 0.5) is 0 Å². The Balaban J connectivity index is 2.42. The minimum atomic E-state index is -1.74. The van der Waals surface area contributed by atoms with Gasteiger partial charge in [-0.1, -0.05) is 12.2 Å². The molecule has 1 saturated carbocycles. The molecule has 0 radical (unpaired) electrons. The molecule has 2 rings (SSSR count). The number of hydrogen-bond acceptors (Lipinski definition) is 3. The minimum absolute atomic E-state index is 0.0304. The van der Waals surface area contributed by atoms with Crippen LogP contribution in [0.1, 0.15) is 19.3 Å². The molecule has 122 valence electrons. The van der Waals surface area contributed by atoms with E-state index in [-0.39, 0.29) is 5.41 Å². The van der Waals surface area contributed by atoms with Gasteiger partial charge < -0.3 is 13.3 Å². The molecule has 0 N–H and O–H groups in total. The van der Waals surface area contributed by atoms with Gasteiger partial charge in [0.2, 0.25) is 0 Å². The Hall–Kier alpha value is 0.271. The van der Waals surface area contributed by atoms with Crippen LogP contribution in [0.15, 0.2) is 12.2 Å². The summed E-state index contributed by atoms with van der Waals surface area (Å²) >= 11 is 0. The molecule has 0 amide bonds. The predicted octanol–water partition coefficient (Wildman–Crippen LogP) is 3.04. The Kier molecular flexibility index (Phi) is 4.80. The van der Waals surface area contributed by atoms with Gasteiger partial charge in [0.15, 0.2) is 22.4 Å². The van der Waals surface area contributed by atoms with Crippen molar-refractivity contribution in [1.82, 2.24) is 0 Å². The summed E-state index contributed by atoms with van der Waals surface area (Å²) in [6.07, 6.45) is 8.39. The van der Waals surface area contributed by atoms with Gasteiger partial charge in [0, 0.05) is 5.41 Å². The molecule has 3 nitrogen and oxygen atoms in total. The van der Waals surface area contributed by atoms with Crippen molar-refractivity contribution in [3.8, 4) is 0 Å². The normalized spacial score (nSPS) is 29.5. The quantitative estimate of drug-likeness (QED) is 0.404. The van der Waals surface area contributed by atoms with Crippen molar-refractivity contribution in [2.45, 2.75) is 64.3 Å². The van der Waals surface area contributed by atoms with Crippen LogP contribution >= 0.6 is 0 Å². The summed E-state index contributed by atoms with van der Waals surface area (Å²) in [4.78, 5) is 0. The highest BCUT2D eigenvalue weighted by atomic mass is 28.4. The second kappa shape index (κ2) is 5.72. The molecular formula is C15H32O3Si3. The molecule has 0 aromatic carbocycles. The average molecular weight is 345 g/mol. The maximum absolute atomic E-state index is 6.74. The van der Waals surface area contributed by atoms with Gasteiger partial charge >= 0.3 is 0 Å². The van der Waals surface area contributed by atoms with Crippen LogP contribution < -0.4 is 0 Å². The Morgan fingerprint density at radius 2 is 1.71 bits per heavy atom. The van der Waals surface area contributed by atoms with Gasteiger partial charge in [0.25, 0.3) is 0 Å². The molecule has 2 atom stereocenters. The first kappa shape index (κ1) is 17.6. The third kappa shape index (κ3) is 3.79. The lowest BCUT2D eigenvalue weighted by Crippen LogP contribution is -2.61. The molecule has 0 saturated heterocycles. The van der Waals surface area contributed by atoms with Crippen LogP contribution in [-0.2, 0) is 13.3 Å². The molecule has 2 aliphatic carbocycles. The van der Waals surface area contributed by atoms with Gasteiger partial charge in [-0.05, 0) is 64.5 Å². The van der Waals surface area contributed by atoms with Gasteiger partial charge in [-0.15, -0.1) is 0 Å². The van der Waals surface area contributed by atoms with E-state index in [1.807, 2.05) is 0 Å². The van der Waals surface area contributed by atoms with E-state index < -0.39 is 22.4 Å². The van der Waals surface area contributed by atoms with E-state index in [0.717, 1.165) is 10.5 Å². The second-order valence-electron chi connectivity index (χ2n) is 8.63. The molecule has 1 fully saturated rings. The lowest BCUT2D eigenvalue weighted by atomic mass is 9.79. The highest BCUT2D eigenvalue weighted by molar-refractivity contribution is 6.71. The molecule has 0 aromatic rings. The van der Waals surface area contributed by atoms with Crippen molar-refractivity contribution in [3.63, 3.8) is 0 Å². The standard InChI is InChI=1S/C15H32O3Si3/c1-20(2,3)17-15(12-16-19,18-21(4,5)6)14-9-7-13(11-14)8-10-14/h7,9,13H,8,10-12H2,1-6,19H3. The summed E-state index contributed by atoms with van der Waals surface area (Å²) in [7, 11) is -2.76. The first-order chi connectivity index (χ1) is 9.51. The van der Waals surface area contributed by atoms with E-state index in [9.17, 15) is 0 Å². The lowest BCUT2D eigenvalue weighted by Gasteiger charge is -2.51. The fraction of sp³-hybridized carbons (Fsp3) is 0.867. The first-order valence-electron chi connectivity index (χ1n) is 8.10. The van der Waals surface area contributed by atoms with Crippen molar-refractivity contribution in [3.05, 3.63) is 12.2 Å². The van der Waals surface area contributed by atoms with Gasteiger partial charge in [-0.3, -0.25) is 0 Å². The van der Waals surface area contributed by atoms with Crippen molar-refractivity contribution >= 4 is 27.1 Å². The van der Waals surface area contributed by atoms with Crippen molar-refractivity contribution < 1.29 is 13.3 Å². The number of rotatable bonds is 7. The van der Waals surface area contributed by atoms with Crippen molar-refractivity contribution in [2.75, 3.05) is 6.61 Å². The molecular weight excluding hydrogens is 312 g/mol. The monoisotopic (exact) mass is 344 g/mol. The summed E-state index contributed by atoms with van der Waals surface area (Å²) in [5.74, 6) is 0.153. The minimum Gasteiger partial charge on any atom is -0.422 e. The zero-order valence-electron chi connectivity index (χ0n) is 14.8. The van der Waals surface area contributed by atoms with E-state index in [4.69, 9.17) is 13.3 Å². The molecule has 0 aromatic heterocycles. The Morgan fingerprint density at radius 1 is 1.14 bits per heavy atom. The molecule has 6 heteroatoms. The van der Waals surface area contributed by atoms with E-state index in [1.54, 1.807) is 0 Å². The van der Waals surface area contributed by atoms with E-state index in [0.29, 0.717) is 12.5 Å². The van der Waals surface area contributed by atoms with E-state index >= 15 is 0 Å². The van der Waals surface area contributed by atoms with Gasteiger partial charge in [-0.2, -0.15) is 0 Å². The molecule has 2 bridgehead atoms. The zero-order chi connectivity index (χ0) is 15.9. The Bertz CT molecular complexity index is 395. The molecule has 2 unspecified atom stereocenters. The Morgan fingerprint density at radius 3 is 2.00 bits per heavy atom. The van der Waals surface area contributed by atoms with Gasteiger partial charge in [0.1, 0.15) is 10.5 Å². The largest absolute Gasteiger partial charge is 0.422 e. The zero-order valence-corrected chi connectivity index (χ0v) is 18.8. The van der Waals surface area contributed by atoms with Crippen LogP contribution in [0.25, 0.3) is 0 Å². The molecule has 2 aliphatic rings. The predicted molar refractivity (Wildman–Crippen MR) is 96.4 cm³/mol. The third-order valence-corrected chi connectivity index (χ3v) is 6.48. The molecule has 21 heavy (non-hydrogen) atoms. The highest BCUT2D eigenvalue weighted by Gasteiger charge is 2.59. The maximum atomic E-state index is 6.74. The number of hydrogen-bond donors (Lipinski definition) is 0. The average Bonchev–Trinajstić information content (AvgIpc) is 2.85. The third-order valence-electron chi connectivity index (χ3n) is 4.31. The van der Waals surface area contributed by atoms with Gasteiger partial charge in [-0.25, -0.2) is 0 Å². The first-order valence-corrected chi connectivity index (χ1v) is 15.7. The van der Waals surface area contributed by atoms with E-state index in [2.05, 4.69) is 51.4 Å². The van der Waals surface area contributed by atoms with Gasteiger partial charge in [0.05, 0.1) is 6.61 Å². The highest BCUT2D eigenvalue weighted by Crippen LogP contribution is 2.58. The second-order valence-corrected chi connectivity index (χ2v) is 18.1. The maximum Gasteiger partial charge on any atom is 0.187 e. The SMILES string of the molecule is C[Si](C)(C)OC(CO[SiH3])(O[Si](C)(C)C)C12C=CC(CC1)C2. The summed E-state index contributed by atoms with van der Waals surface area (Å²) in [5.41, 5.74) is 0.0304. The summed E-state index contributed by atoms with van der Waals surface area (Å²) in [6, 6.07) is 0. The van der Waals surface area contributed by atoms with Crippen LogP contribution in [0.5, 0.6) is 0 Å². The van der Waals surface area contributed by atoms with Crippen LogP contribution in [0.2, 0.25) is 39.3 Å². The fourth-order valence-corrected chi connectivity index (χ4v) is 6.88. The summed E-state index contributed by atoms with van der Waals surface area (Å²) < 4.78 is 19.2. The number of allylic oxidation sites excluding steroid dienone is 1. The molecule has 0 heterocycles. The fourth-order valence-electron chi connectivity index (χ4n) is 3.83. The number of fused-ring (bicyclic) bond motifs is 2. The van der Waals surface area contributed by atoms with Crippen molar-refractivity contribution in [1.29, 1.82) is 0 Å². The van der Waals surface area contributed by atoms with E-state index in [1.165, 1.54) is 19.3 Å². The lowest BCUT2D eigenvalue weighted by molar-refractivity contribution is -0.213. The molecule has 0 aliphatic heterocycles. The molecule has 0 spiro atoms. The van der Waals surface area contributed by atoms with Crippen LogP contribution in [-0.4, -0.2) is 39.5 Å². The smallest absolute Gasteiger partial charge is 0.187 e.